The molecule has 22 heavy (non-hydrogen) atoms. The second kappa shape index (κ2) is 8.70. The molecule has 9 heteroatoms. The van der Waals surface area contributed by atoms with E-state index in [1.54, 1.807) is 0 Å². The van der Waals surface area contributed by atoms with Gasteiger partial charge in [-0.3, -0.25) is 24.1 Å². The van der Waals surface area contributed by atoms with Gasteiger partial charge in [0, 0.05) is 6.42 Å². The largest absolute Gasteiger partial charge is 0.480 e. The summed E-state index contributed by atoms with van der Waals surface area (Å²) in [6.07, 6.45) is 0.655. The first-order valence-corrected chi connectivity index (χ1v) is 6.84. The normalized spacial score (nSPS) is 19.6. The van der Waals surface area contributed by atoms with Crippen LogP contribution in [0.4, 0.5) is 0 Å². The van der Waals surface area contributed by atoms with Crippen molar-refractivity contribution in [2.75, 3.05) is 6.54 Å². The molecule has 0 aromatic carbocycles. The van der Waals surface area contributed by atoms with Crippen molar-refractivity contribution in [1.82, 2.24) is 10.2 Å². The van der Waals surface area contributed by atoms with E-state index in [9.17, 15) is 19.2 Å². The Morgan fingerprint density at radius 1 is 1.41 bits per heavy atom. The zero-order chi connectivity index (χ0) is 16.2. The van der Waals surface area contributed by atoms with Crippen molar-refractivity contribution < 1.29 is 24.3 Å². The number of likely N-dealkylation sites (tertiary alicyclic amines) is 1. The Bertz CT molecular complexity index is 455. The van der Waals surface area contributed by atoms with E-state index in [0.717, 1.165) is 0 Å². The molecule has 0 aromatic rings. The van der Waals surface area contributed by atoms with Gasteiger partial charge in [0.25, 0.3) is 5.91 Å². The summed E-state index contributed by atoms with van der Waals surface area (Å²) >= 11 is 0. The van der Waals surface area contributed by atoms with E-state index in [0.29, 0.717) is 11.3 Å². The summed E-state index contributed by atoms with van der Waals surface area (Å²) < 4.78 is 0. The minimum atomic E-state index is -1.28. The summed E-state index contributed by atoms with van der Waals surface area (Å²) in [4.78, 5) is 46.8. The van der Waals surface area contributed by atoms with Gasteiger partial charge in [0.15, 0.2) is 0 Å². The minimum Gasteiger partial charge on any atom is -0.480 e. The second-order valence-electron chi connectivity index (χ2n) is 5.55. The second-order valence-corrected chi connectivity index (χ2v) is 5.55. The molecule has 1 heterocycles. The number of aliphatic carboxylic acids is 1. The van der Waals surface area contributed by atoms with Crippen LogP contribution >= 0.6 is 12.4 Å². The number of halogens is 1. The molecule has 126 valence electrons. The number of nitrogens with one attached hydrogen (secondary N) is 1. The Morgan fingerprint density at radius 2 is 2.00 bits per heavy atom. The van der Waals surface area contributed by atoms with Crippen LogP contribution in [-0.4, -0.2) is 52.3 Å². The lowest BCUT2D eigenvalue weighted by atomic mass is 10.0. The Labute approximate surface area is 134 Å². The van der Waals surface area contributed by atoms with Crippen LogP contribution in [0.15, 0.2) is 0 Å². The highest BCUT2D eigenvalue weighted by atomic mass is 35.5. The van der Waals surface area contributed by atoms with Crippen molar-refractivity contribution in [3.8, 4) is 0 Å². The molecule has 3 amide bonds. The number of rotatable bonds is 6. The Kier molecular flexibility index (Phi) is 8.04. The monoisotopic (exact) mass is 335 g/mol. The highest BCUT2D eigenvalue weighted by Gasteiger charge is 2.36. The number of carboxylic acids is 1. The predicted octanol–water partition coefficient (Wildman–Crippen LogP) is -0.500. The standard InChI is InChI=1S/C13H21N3O5.ClH/c1-7(2)5-8(14)12(20)15-9-3-4-10(17)16(13(9)21)6-11(18)19;/h7-9H,3-6,14H2,1-2H3,(H,15,20)(H,18,19);1H/t8-,9-;/m0./s1. The Balaban J connectivity index is 0.00000441. The van der Waals surface area contributed by atoms with E-state index in [-0.39, 0.29) is 31.2 Å². The molecule has 0 aliphatic carbocycles. The minimum absolute atomic E-state index is 0. The maximum absolute atomic E-state index is 12.0. The van der Waals surface area contributed by atoms with Gasteiger partial charge in [-0.2, -0.15) is 0 Å². The number of carbonyl (C=O) groups is 4. The third-order valence-electron chi connectivity index (χ3n) is 3.18. The maximum atomic E-state index is 12.0. The number of hydrogen-bond acceptors (Lipinski definition) is 5. The van der Waals surface area contributed by atoms with Gasteiger partial charge < -0.3 is 16.2 Å². The number of carboxylic acid groups (broad SMARTS) is 1. The third-order valence-corrected chi connectivity index (χ3v) is 3.18. The van der Waals surface area contributed by atoms with Crippen LogP contribution in [0.3, 0.4) is 0 Å². The lowest BCUT2D eigenvalue weighted by molar-refractivity contribution is -0.156. The molecule has 1 aliphatic rings. The molecule has 0 spiro atoms. The number of piperidine rings is 1. The molecule has 1 saturated heterocycles. The first kappa shape index (κ1) is 20.3. The molecule has 0 unspecified atom stereocenters. The van der Waals surface area contributed by atoms with Crippen molar-refractivity contribution >= 4 is 36.1 Å². The van der Waals surface area contributed by atoms with Gasteiger partial charge >= 0.3 is 5.97 Å². The van der Waals surface area contributed by atoms with E-state index >= 15 is 0 Å². The number of imide groups is 1. The van der Waals surface area contributed by atoms with Gasteiger partial charge in [0.05, 0.1) is 6.04 Å². The highest BCUT2D eigenvalue weighted by molar-refractivity contribution is 6.03. The average Bonchev–Trinajstić information content (AvgIpc) is 2.36. The van der Waals surface area contributed by atoms with E-state index in [1.165, 1.54) is 0 Å². The smallest absolute Gasteiger partial charge is 0.323 e. The van der Waals surface area contributed by atoms with Crippen LogP contribution in [0.5, 0.6) is 0 Å². The van der Waals surface area contributed by atoms with E-state index in [2.05, 4.69) is 5.32 Å². The molecule has 0 saturated carbocycles. The van der Waals surface area contributed by atoms with Gasteiger partial charge in [0.2, 0.25) is 11.8 Å². The molecule has 1 aliphatic heterocycles. The summed E-state index contributed by atoms with van der Waals surface area (Å²) in [5, 5.41) is 11.2. The fourth-order valence-corrected chi connectivity index (χ4v) is 2.17. The van der Waals surface area contributed by atoms with Gasteiger partial charge in [-0.1, -0.05) is 13.8 Å². The van der Waals surface area contributed by atoms with Crippen molar-refractivity contribution in [3.05, 3.63) is 0 Å². The molecule has 8 nitrogen and oxygen atoms in total. The Hall–Kier alpha value is -1.67. The molecular weight excluding hydrogens is 314 g/mol. The fraction of sp³-hybridized carbons (Fsp3) is 0.692. The zero-order valence-corrected chi connectivity index (χ0v) is 13.4. The summed E-state index contributed by atoms with van der Waals surface area (Å²) in [7, 11) is 0. The average molecular weight is 336 g/mol. The quantitative estimate of drug-likeness (QED) is 0.561. The van der Waals surface area contributed by atoms with Crippen molar-refractivity contribution in [3.63, 3.8) is 0 Å². The maximum Gasteiger partial charge on any atom is 0.323 e. The van der Waals surface area contributed by atoms with Gasteiger partial charge in [-0.15, -0.1) is 12.4 Å². The van der Waals surface area contributed by atoms with Gasteiger partial charge in [-0.25, -0.2) is 0 Å². The van der Waals surface area contributed by atoms with E-state index in [4.69, 9.17) is 10.8 Å². The number of nitrogens with two attached hydrogens (primary N) is 1. The molecule has 0 aromatic heterocycles. The number of hydrogen-bond donors (Lipinski definition) is 3. The molecule has 1 rings (SSSR count). The Morgan fingerprint density at radius 3 is 2.50 bits per heavy atom. The molecule has 1 fully saturated rings. The van der Waals surface area contributed by atoms with Crippen molar-refractivity contribution in [2.45, 2.75) is 45.2 Å². The lowest BCUT2D eigenvalue weighted by Gasteiger charge is -2.30. The predicted molar refractivity (Wildman–Crippen MR) is 80.2 cm³/mol. The molecule has 0 bridgehead atoms. The van der Waals surface area contributed by atoms with Crippen molar-refractivity contribution in [2.24, 2.45) is 11.7 Å². The van der Waals surface area contributed by atoms with Gasteiger partial charge in [-0.05, 0) is 18.8 Å². The number of nitrogens with zero attached hydrogens (tertiary/aromatic N) is 1. The van der Waals surface area contributed by atoms with E-state index < -0.39 is 42.3 Å². The summed E-state index contributed by atoms with van der Waals surface area (Å²) in [6, 6.07) is -1.63. The van der Waals surface area contributed by atoms with Crippen LogP contribution in [0.2, 0.25) is 0 Å². The van der Waals surface area contributed by atoms with E-state index in [1.807, 2.05) is 13.8 Å². The molecular formula is C13H22ClN3O5. The van der Waals surface area contributed by atoms with Crippen LogP contribution in [0, 0.1) is 5.92 Å². The zero-order valence-electron chi connectivity index (χ0n) is 12.6. The molecule has 2 atom stereocenters. The topological polar surface area (TPSA) is 130 Å². The molecule has 0 radical (unpaired) electrons. The fourth-order valence-electron chi connectivity index (χ4n) is 2.17. The molecule has 4 N–H and O–H groups in total. The van der Waals surface area contributed by atoms with Crippen LogP contribution in [-0.2, 0) is 19.2 Å². The number of amides is 3. The van der Waals surface area contributed by atoms with Crippen LogP contribution < -0.4 is 11.1 Å². The first-order chi connectivity index (χ1) is 9.72. The number of carbonyl (C=O) groups excluding carboxylic acids is 3. The first-order valence-electron chi connectivity index (χ1n) is 6.84. The lowest BCUT2D eigenvalue weighted by Crippen LogP contribution is -2.57. The van der Waals surface area contributed by atoms with Crippen LogP contribution in [0.1, 0.15) is 33.1 Å². The van der Waals surface area contributed by atoms with Gasteiger partial charge in [0.1, 0.15) is 12.6 Å². The summed E-state index contributed by atoms with van der Waals surface area (Å²) in [5.41, 5.74) is 5.73. The van der Waals surface area contributed by atoms with Crippen molar-refractivity contribution in [1.29, 1.82) is 0 Å². The third kappa shape index (κ3) is 5.61. The van der Waals surface area contributed by atoms with Crippen LogP contribution in [0.25, 0.3) is 0 Å². The summed E-state index contributed by atoms with van der Waals surface area (Å²) in [6.45, 7) is 3.15. The SMILES string of the molecule is CC(C)C[C@H](N)C(=O)N[C@H]1CCC(=O)N(CC(=O)O)C1=O.Cl. The summed E-state index contributed by atoms with van der Waals surface area (Å²) in [5.74, 6) is -2.75. The highest BCUT2D eigenvalue weighted by Crippen LogP contribution is 2.13.